The Balaban J connectivity index is 2.29. The molecule has 0 aliphatic carbocycles. The fraction of sp³-hybridized carbons (Fsp3) is 0.500. The van der Waals surface area contributed by atoms with E-state index in [0.29, 0.717) is 13.2 Å². The van der Waals surface area contributed by atoms with Crippen molar-refractivity contribution in [2.24, 2.45) is 0 Å². The summed E-state index contributed by atoms with van der Waals surface area (Å²) >= 11 is 0. The highest BCUT2D eigenvalue weighted by Gasteiger charge is 2.27. The normalized spacial score (nSPS) is 16.4. The Kier molecular flexibility index (Phi) is 6.03. The first-order valence-corrected chi connectivity index (χ1v) is 10.8. The van der Waals surface area contributed by atoms with Gasteiger partial charge < -0.3 is 10.1 Å². The molecule has 0 bridgehead atoms. The van der Waals surface area contributed by atoms with E-state index >= 15 is 0 Å². The van der Waals surface area contributed by atoms with Gasteiger partial charge in [-0.15, -0.1) is 0 Å². The maximum absolute atomic E-state index is 12.6. The summed E-state index contributed by atoms with van der Waals surface area (Å²) in [5.74, 6) is -0.476. The van der Waals surface area contributed by atoms with Gasteiger partial charge in [-0.3, -0.25) is 9.10 Å². The summed E-state index contributed by atoms with van der Waals surface area (Å²) in [5.41, 5.74) is 0.215. The molecule has 0 radical (unpaired) electrons. The molecule has 140 valence electrons. The highest BCUT2D eigenvalue weighted by atomic mass is 32.2. The molecular weight excluding hydrogens is 370 g/mol. The number of hydrogen-bond acceptors (Lipinski definition) is 6. The van der Waals surface area contributed by atoms with Crippen molar-refractivity contribution in [2.45, 2.75) is 4.90 Å². The molecule has 1 amide bonds. The second-order valence-corrected chi connectivity index (χ2v) is 9.30. The van der Waals surface area contributed by atoms with E-state index in [9.17, 15) is 21.6 Å². The molecule has 1 aliphatic rings. The average Bonchev–Trinajstić information content (AvgIpc) is 2.59. The van der Waals surface area contributed by atoms with Gasteiger partial charge in [-0.05, 0) is 24.3 Å². The number of benzene rings is 1. The smallest absolute Gasteiger partial charge is 0.243 e. The zero-order valence-corrected chi connectivity index (χ0v) is 15.6. The number of likely N-dealkylation sites (N-methyl/N-ethyl adjacent to an activating group) is 1. The molecule has 25 heavy (non-hydrogen) atoms. The molecule has 1 aromatic rings. The lowest BCUT2D eigenvalue weighted by molar-refractivity contribution is -0.119. The van der Waals surface area contributed by atoms with Crippen LogP contribution in [0.4, 0.5) is 5.69 Å². The summed E-state index contributed by atoms with van der Waals surface area (Å²) < 4.78 is 56.4. The minimum Gasteiger partial charge on any atom is -0.379 e. The van der Waals surface area contributed by atoms with Crippen LogP contribution in [0.2, 0.25) is 0 Å². The van der Waals surface area contributed by atoms with Crippen LogP contribution in [-0.2, 0) is 29.6 Å². The summed E-state index contributed by atoms with van der Waals surface area (Å²) in [7, 11) is -5.95. The number of carbonyl (C=O) groups is 1. The van der Waals surface area contributed by atoms with Gasteiger partial charge in [0.05, 0.1) is 30.1 Å². The van der Waals surface area contributed by atoms with Gasteiger partial charge in [0.1, 0.15) is 6.54 Å². The van der Waals surface area contributed by atoms with Crippen LogP contribution in [0.5, 0.6) is 0 Å². The zero-order valence-electron chi connectivity index (χ0n) is 14.0. The second kappa shape index (κ2) is 7.68. The van der Waals surface area contributed by atoms with Gasteiger partial charge in [0, 0.05) is 20.1 Å². The van der Waals surface area contributed by atoms with Gasteiger partial charge in [0.2, 0.25) is 26.0 Å². The summed E-state index contributed by atoms with van der Waals surface area (Å²) in [6.45, 7) is 0.841. The molecule has 1 saturated heterocycles. The Labute approximate surface area is 147 Å². The molecule has 1 aliphatic heterocycles. The number of rotatable bonds is 6. The maximum Gasteiger partial charge on any atom is 0.243 e. The molecule has 1 fully saturated rings. The van der Waals surface area contributed by atoms with Crippen LogP contribution in [0, 0.1) is 0 Å². The van der Waals surface area contributed by atoms with Gasteiger partial charge >= 0.3 is 0 Å². The highest BCUT2D eigenvalue weighted by Crippen LogP contribution is 2.23. The van der Waals surface area contributed by atoms with Gasteiger partial charge in [-0.1, -0.05) is 0 Å². The summed E-state index contributed by atoms with van der Waals surface area (Å²) in [6.07, 6.45) is 0.980. The third kappa shape index (κ3) is 4.69. The van der Waals surface area contributed by atoms with Gasteiger partial charge in [-0.2, -0.15) is 4.31 Å². The lowest BCUT2D eigenvalue weighted by atomic mass is 10.3. The first-order chi connectivity index (χ1) is 11.7. The summed E-state index contributed by atoms with van der Waals surface area (Å²) in [4.78, 5) is 11.6. The van der Waals surface area contributed by atoms with Crippen LogP contribution >= 0.6 is 0 Å². The fourth-order valence-electron chi connectivity index (χ4n) is 2.33. The molecule has 0 atom stereocenters. The maximum atomic E-state index is 12.6. The van der Waals surface area contributed by atoms with Crippen LogP contribution in [-0.4, -0.2) is 73.2 Å². The van der Waals surface area contributed by atoms with Crippen molar-refractivity contribution in [2.75, 3.05) is 50.5 Å². The third-order valence-electron chi connectivity index (χ3n) is 3.70. The van der Waals surface area contributed by atoms with Crippen molar-refractivity contribution < 1.29 is 26.4 Å². The van der Waals surface area contributed by atoms with Crippen LogP contribution in [0.25, 0.3) is 0 Å². The van der Waals surface area contributed by atoms with Crippen LogP contribution in [0.15, 0.2) is 29.2 Å². The molecule has 9 nitrogen and oxygen atoms in total. The van der Waals surface area contributed by atoms with Gasteiger partial charge in [0.15, 0.2) is 0 Å². The summed E-state index contributed by atoms with van der Waals surface area (Å²) in [5, 5.41) is 2.36. The Morgan fingerprint density at radius 3 is 2.20 bits per heavy atom. The van der Waals surface area contributed by atoms with Crippen LogP contribution in [0.3, 0.4) is 0 Å². The molecule has 1 N–H and O–H groups in total. The van der Waals surface area contributed by atoms with Crippen molar-refractivity contribution >= 4 is 31.6 Å². The van der Waals surface area contributed by atoms with Crippen molar-refractivity contribution in [3.8, 4) is 0 Å². The van der Waals surface area contributed by atoms with Gasteiger partial charge in [-0.25, -0.2) is 16.8 Å². The number of ether oxygens (including phenoxy) is 1. The second-order valence-electron chi connectivity index (χ2n) is 5.45. The van der Waals surface area contributed by atoms with E-state index in [1.54, 1.807) is 0 Å². The molecule has 2 rings (SSSR count). The lowest BCUT2D eigenvalue weighted by Gasteiger charge is -2.26. The number of nitrogens with zero attached hydrogens (tertiary/aromatic N) is 2. The monoisotopic (exact) mass is 391 g/mol. The first kappa shape index (κ1) is 19.6. The fourth-order valence-corrected chi connectivity index (χ4v) is 4.59. The number of morpholine rings is 1. The van der Waals surface area contributed by atoms with E-state index in [4.69, 9.17) is 4.74 Å². The third-order valence-corrected chi connectivity index (χ3v) is 6.75. The first-order valence-electron chi connectivity index (χ1n) is 7.52. The lowest BCUT2D eigenvalue weighted by Crippen LogP contribution is -2.40. The number of nitrogens with one attached hydrogen (secondary N) is 1. The number of hydrogen-bond donors (Lipinski definition) is 1. The highest BCUT2D eigenvalue weighted by molar-refractivity contribution is 7.92. The van der Waals surface area contributed by atoms with E-state index in [1.807, 2.05) is 0 Å². The minimum absolute atomic E-state index is 0.0616. The molecule has 0 spiro atoms. The Morgan fingerprint density at radius 2 is 1.72 bits per heavy atom. The largest absolute Gasteiger partial charge is 0.379 e. The van der Waals surface area contributed by atoms with E-state index in [1.165, 1.54) is 35.6 Å². The topological polar surface area (TPSA) is 113 Å². The Hall–Kier alpha value is -1.69. The number of amides is 1. The van der Waals surface area contributed by atoms with Crippen LogP contribution < -0.4 is 9.62 Å². The molecule has 0 saturated carbocycles. The number of carbonyl (C=O) groups excluding carboxylic acids is 1. The van der Waals surface area contributed by atoms with Crippen molar-refractivity contribution in [3.05, 3.63) is 24.3 Å². The van der Waals surface area contributed by atoms with E-state index in [2.05, 4.69) is 5.32 Å². The molecule has 0 unspecified atom stereocenters. The predicted molar refractivity (Wildman–Crippen MR) is 92.3 cm³/mol. The molecular formula is C14H21N3O6S2. The molecule has 1 aromatic carbocycles. The number of anilines is 1. The van der Waals surface area contributed by atoms with E-state index in [-0.39, 0.29) is 30.2 Å². The van der Waals surface area contributed by atoms with Crippen molar-refractivity contribution in [1.82, 2.24) is 9.62 Å². The predicted octanol–water partition coefficient (Wildman–Crippen LogP) is -0.780. The van der Waals surface area contributed by atoms with E-state index < -0.39 is 26.0 Å². The van der Waals surface area contributed by atoms with E-state index in [0.717, 1.165) is 10.6 Å². The quantitative estimate of drug-likeness (QED) is 0.681. The van der Waals surface area contributed by atoms with Gasteiger partial charge in [0.25, 0.3) is 0 Å². The molecule has 0 aromatic heterocycles. The number of sulfonamides is 2. The van der Waals surface area contributed by atoms with Crippen molar-refractivity contribution in [3.63, 3.8) is 0 Å². The zero-order chi connectivity index (χ0) is 18.7. The Morgan fingerprint density at radius 1 is 1.16 bits per heavy atom. The standard InChI is InChI=1S/C14H21N3O6S2/c1-15-14(18)11-17(24(2,19)20)12-3-5-13(6-4-12)25(21,22)16-7-9-23-10-8-16/h3-6H,7-11H2,1-2H3,(H,15,18). The molecule has 1 heterocycles. The Bertz CT molecular complexity index is 815. The molecule has 11 heteroatoms. The minimum atomic E-state index is -3.70. The SMILES string of the molecule is CNC(=O)CN(c1ccc(S(=O)(=O)N2CCOCC2)cc1)S(C)(=O)=O. The average molecular weight is 391 g/mol. The summed E-state index contributed by atoms with van der Waals surface area (Å²) in [6, 6.07) is 5.42. The van der Waals surface area contributed by atoms with Crippen molar-refractivity contribution in [1.29, 1.82) is 0 Å². The van der Waals surface area contributed by atoms with Crippen LogP contribution in [0.1, 0.15) is 0 Å².